The number of hydrogen-bond donors (Lipinski definition) is 0. The van der Waals surface area contributed by atoms with Crippen molar-refractivity contribution in [2.24, 2.45) is 23.7 Å². The Morgan fingerprint density at radius 2 is 1.55 bits per heavy atom. The quantitative estimate of drug-likeness (QED) is 0.158. The Morgan fingerprint density at radius 1 is 0.909 bits per heavy atom. The summed E-state index contributed by atoms with van der Waals surface area (Å²) in [5, 5.41) is 2.30. The summed E-state index contributed by atoms with van der Waals surface area (Å²) in [6.45, 7) is 22.4. The molecule has 1 aliphatic rings. The average Bonchev–Trinajstić information content (AvgIpc) is 3.54. The van der Waals surface area contributed by atoms with Crippen molar-refractivity contribution in [3.8, 4) is 5.75 Å². The second kappa shape index (κ2) is 13.0. The standard InChI is InChI=1S/C34H51NO7SSi/c1-32(2,3)22-15-14-20(18-23(22)39-10)28(36)26-24(31(38)42-33(4,5)6)21(19-41-44(12,13)34(7,8)9)25(30(37)40-11)27(26)29-35-16-17-43-29/h14-18,21,24-27H,19H2,1-13H3/t21-,24-,25+,26?,27+/m1/s1. The van der Waals surface area contributed by atoms with Gasteiger partial charge in [-0.2, -0.15) is 0 Å². The first-order valence-electron chi connectivity index (χ1n) is 15.2. The third kappa shape index (κ3) is 7.62. The summed E-state index contributed by atoms with van der Waals surface area (Å²) in [5.74, 6) is -4.88. The fourth-order valence-electron chi connectivity index (χ4n) is 5.77. The number of rotatable bonds is 9. The van der Waals surface area contributed by atoms with E-state index in [1.54, 1.807) is 46.2 Å². The number of methoxy groups -OCH3 is 2. The molecule has 44 heavy (non-hydrogen) atoms. The number of thiazole rings is 1. The van der Waals surface area contributed by atoms with E-state index in [1.165, 1.54) is 18.4 Å². The van der Waals surface area contributed by atoms with E-state index in [4.69, 9.17) is 18.6 Å². The molecule has 1 aliphatic carbocycles. The molecule has 0 aliphatic heterocycles. The minimum absolute atomic E-state index is 0.108. The van der Waals surface area contributed by atoms with E-state index in [9.17, 15) is 14.4 Å². The van der Waals surface area contributed by atoms with E-state index in [1.807, 2.05) is 11.4 Å². The molecule has 10 heteroatoms. The van der Waals surface area contributed by atoms with Crippen LogP contribution in [0.25, 0.3) is 0 Å². The fourth-order valence-corrected chi connectivity index (χ4v) is 7.64. The lowest BCUT2D eigenvalue weighted by atomic mass is 9.79. The van der Waals surface area contributed by atoms with Crippen LogP contribution in [0.5, 0.6) is 5.75 Å². The maximum absolute atomic E-state index is 14.8. The maximum atomic E-state index is 14.8. The zero-order valence-electron chi connectivity index (χ0n) is 28.7. The van der Waals surface area contributed by atoms with E-state index in [-0.39, 0.29) is 22.8 Å². The number of carbonyl (C=O) groups is 3. The summed E-state index contributed by atoms with van der Waals surface area (Å²) in [5.41, 5.74) is 0.318. The topological polar surface area (TPSA) is 101 Å². The van der Waals surface area contributed by atoms with E-state index in [2.05, 4.69) is 59.6 Å². The van der Waals surface area contributed by atoms with E-state index < -0.39 is 55.4 Å². The van der Waals surface area contributed by atoms with Gasteiger partial charge in [-0.05, 0) is 55.9 Å². The maximum Gasteiger partial charge on any atom is 0.310 e. The van der Waals surface area contributed by atoms with Crippen LogP contribution >= 0.6 is 11.3 Å². The minimum Gasteiger partial charge on any atom is -0.496 e. The van der Waals surface area contributed by atoms with Crippen molar-refractivity contribution < 1.29 is 33.0 Å². The van der Waals surface area contributed by atoms with Gasteiger partial charge in [-0.15, -0.1) is 11.3 Å². The van der Waals surface area contributed by atoms with Gasteiger partial charge in [0.2, 0.25) is 0 Å². The number of hydrogen-bond acceptors (Lipinski definition) is 9. The first-order chi connectivity index (χ1) is 20.1. The second-order valence-electron chi connectivity index (χ2n) is 15.3. The number of ether oxygens (including phenoxy) is 3. The Morgan fingerprint density at radius 3 is 2.02 bits per heavy atom. The number of esters is 2. The Labute approximate surface area is 268 Å². The van der Waals surface area contributed by atoms with Crippen molar-refractivity contribution in [3.05, 3.63) is 45.9 Å². The van der Waals surface area contributed by atoms with Crippen LogP contribution in [0.3, 0.4) is 0 Å². The zero-order valence-corrected chi connectivity index (χ0v) is 30.5. The van der Waals surface area contributed by atoms with Crippen LogP contribution in [0.2, 0.25) is 18.1 Å². The van der Waals surface area contributed by atoms with Gasteiger partial charge >= 0.3 is 11.9 Å². The molecule has 0 spiro atoms. The van der Waals surface area contributed by atoms with Gasteiger partial charge in [0.25, 0.3) is 0 Å². The number of benzene rings is 1. The van der Waals surface area contributed by atoms with Crippen LogP contribution in [0.1, 0.15) is 89.2 Å². The molecule has 0 saturated heterocycles. The van der Waals surface area contributed by atoms with Gasteiger partial charge in [0, 0.05) is 41.5 Å². The molecule has 1 unspecified atom stereocenters. The normalized spacial score (nSPS) is 22.9. The monoisotopic (exact) mass is 645 g/mol. The summed E-state index contributed by atoms with van der Waals surface area (Å²) >= 11 is 1.36. The van der Waals surface area contributed by atoms with Gasteiger partial charge in [0.1, 0.15) is 11.4 Å². The first kappa shape index (κ1) is 35.9. The Hall–Kier alpha value is -2.56. The van der Waals surface area contributed by atoms with Crippen molar-refractivity contribution in [3.63, 3.8) is 0 Å². The zero-order chi connectivity index (χ0) is 33.4. The van der Waals surface area contributed by atoms with Crippen molar-refractivity contribution in [1.29, 1.82) is 0 Å². The van der Waals surface area contributed by atoms with E-state index in [0.29, 0.717) is 16.3 Å². The molecule has 0 N–H and O–H groups in total. The molecular formula is C34H51NO7SSi. The molecular weight excluding hydrogens is 595 g/mol. The molecule has 1 aromatic heterocycles. The van der Waals surface area contributed by atoms with Crippen LogP contribution in [0.15, 0.2) is 29.8 Å². The number of carbonyl (C=O) groups excluding carboxylic acids is 3. The molecule has 244 valence electrons. The third-order valence-corrected chi connectivity index (χ3v) is 14.4. The minimum atomic E-state index is -2.31. The lowest BCUT2D eigenvalue weighted by molar-refractivity contribution is -0.163. The number of aromatic nitrogens is 1. The summed E-state index contributed by atoms with van der Waals surface area (Å²) in [6, 6.07) is 5.42. The average molecular weight is 646 g/mol. The van der Waals surface area contributed by atoms with E-state index in [0.717, 1.165) is 5.56 Å². The smallest absolute Gasteiger partial charge is 0.310 e. The molecule has 8 nitrogen and oxygen atoms in total. The molecule has 1 saturated carbocycles. The first-order valence-corrected chi connectivity index (χ1v) is 19.0. The summed E-state index contributed by atoms with van der Waals surface area (Å²) in [4.78, 5) is 47.2. The van der Waals surface area contributed by atoms with Gasteiger partial charge in [-0.25, -0.2) is 4.98 Å². The molecule has 1 aromatic carbocycles. The summed E-state index contributed by atoms with van der Waals surface area (Å²) in [7, 11) is 0.600. The second-order valence-corrected chi connectivity index (χ2v) is 21.0. The molecule has 2 aromatic rings. The Bertz CT molecular complexity index is 1330. The highest BCUT2D eigenvalue weighted by atomic mass is 32.1. The van der Waals surface area contributed by atoms with Gasteiger partial charge in [0.05, 0.1) is 31.1 Å². The SMILES string of the molecule is COC(=O)[C@H]1[C@H](CO[Si](C)(C)C(C)(C)C)[C@@H](C(=O)OC(C)(C)C)C(C(=O)c2ccc(C(C)(C)C)c(OC)c2)[C@H]1c1nccs1. The molecule has 3 rings (SSSR count). The molecule has 1 heterocycles. The molecule has 0 bridgehead atoms. The van der Waals surface area contributed by atoms with E-state index >= 15 is 0 Å². The predicted octanol–water partition coefficient (Wildman–Crippen LogP) is 7.43. The molecule has 0 amide bonds. The van der Waals surface area contributed by atoms with Crippen molar-refractivity contribution in [2.75, 3.05) is 20.8 Å². The molecule has 0 radical (unpaired) electrons. The molecule has 1 fully saturated rings. The number of nitrogens with zero attached hydrogens (tertiary/aromatic N) is 1. The van der Waals surface area contributed by atoms with Crippen LogP contribution in [0, 0.1) is 23.7 Å². The summed E-state index contributed by atoms with van der Waals surface area (Å²) in [6.07, 6.45) is 1.65. The summed E-state index contributed by atoms with van der Waals surface area (Å²) < 4.78 is 23.7. The highest BCUT2D eigenvalue weighted by Crippen LogP contribution is 2.55. The van der Waals surface area contributed by atoms with Crippen molar-refractivity contribution in [2.45, 2.75) is 97.4 Å². The highest BCUT2D eigenvalue weighted by molar-refractivity contribution is 7.09. The van der Waals surface area contributed by atoms with Crippen LogP contribution in [0.4, 0.5) is 0 Å². The van der Waals surface area contributed by atoms with Gasteiger partial charge < -0.3 is 18.6 Å². The predicted molar refractivity (Wildman–Crippen MR) is 176 cm³/mol. The molecule has 5 atom stereocenters. The Balaban J connectivity index is 2.27. The number of ketones is 1. The fraction of sp³-hybridized carbons (Fsp3) is 0.647. The van der Waals surface area contributed by atoms with Crippen LogP contribution in [-0.4, -0.2) is 57.5 Å². The number of Topliss-reactive ketones (excluding diaryl/α,β-unsaturated/α-hetero) is 1. The van der Waals surface area contributed by atoms with Gasteiger partial charge in [-0.3, -0.25) is 14.4 Å². The lowest BCUT2D eigenvalue weighted by Crippen LogP contribution is -2.45. The van der Waals surface area contributed by atoms with Crippen LogP contribution < -0.4 is 4.74 Å². The largest absolute Gasteiger partial charge is 0.496 e. The van der Waals surface area contributed by atoms with Gasteiger partial charge in [0.15, 0.2) is 14.1 Å². The Kier molecular flexibility index (Phi) is 10.6. The van der Waals surface area contributed by atoms with Gasteiger partial charge in [-0.1, -0.05) is 53.7 Å². The van der Waals surface area contributed by atoms with Crippen LogP contribution in [-0.2, 0) is 28.9 Å². The highest BCUT2D eigenvalue weighted by Gasteiger charge is 2.61. The van der Waals surface area contributed by atoms with Crippen molar-refractivity contribution in [1.82, 2.24) is 4.98 Å². The third-order valence-electron chi connectivity index (χ3n) is 9.01. The van der Waals surface area contributed by atoms with Crippen molar-refractivity contribution >= 4 is 37.4 Å². The lowest BCUT2D eigenvalue weighted by Gasteiger charge is -2.38.